The molecule has 37 heavy (non-hydrogen) atoms. The first-order valence-corrected chi connectivity index (χ1v) is 15.6. The molecule has 2 aliphatic carbocycles. The van der Waals surface area contributed by atoms with Gasteiger partial charge in [0.05, 0.1) is 0 Å². The third kappa shape index (κ3) is 10.5. The highest BCUT2D eigenvalue weighted by Crippen LogP contribution is 2.37. The van der Waals surface area contributed by atoms with Crippen LogP contribution in [0.1, 0.15) is 151 Å². The fraction of sp³-hybridized carbons (Fsp3) is 0.622. The number of hydrogen-bond acceptors (Lipinski definition) is 0. The Balaban J connectivity index is 0.000000330. The van der Waals surface area contributed by atoms with Crippen LogP contribution in [-0.2, 0) is 0 Å². The summed E-state index contributed by atoms with van der Waals surface area (Å²) in [6, 6.07) is 11.9. The molecule has 0 bridgehead atoms. The fourth-order valence-corrected chi connectivity index (χ4v) is 5.88. The smallest absolute Gasteiger partial charge is 0.0162 e. The molecule has 0 N–H and O–H groups in total. The Hall–Kier alpha value is -1.82. The molecule has 2 fully saturated rings. The molecule has 0 heterocycles. The Morgan fingerprint density at radius 1 is 0.541 bits per heavy atom. The van der Waals surface area contributed by atoms with Crippen molar-refractivity contribution in [1.82, 2.24) is 0 Å². The van der Waals surface area contributed by atoms with Crippen LogP contribution in [0.3, 0.4) is 0 Å². The summed E-state index contributed by atoms with van der Waals surface area (Å²) in [5.41, 5.74) is 10.3. The minimum atomic E-state index is 0.804. The summed E-state index contributed by atoms with van der Waals surface area (Å²) >= 11 is 0. The molecule has 0 aliphatic heterocycles. The summed E-state index contributed by atoms with van der Waals surface area (Å²) < 4.78 is 0. The Labute approximate surface area is 232 Å². The van der Waals surface area contributed by atoms with E-state index in [1.807, 2.05) is 27.7 Å². The lowest BCUT2D eigenvalue weighted by molar-refractivity contribution is 0.348. The van der Waals surface area contributed by atoms with Gasteiger partial charge < -0.3 is 0 Å². The van der Waals surface area contributed by atoms with Gasteiger partial charge in [0, 0.05) is 0 Å². The highest BCUT2D eigenvalue weighted by atomic mass is 14.3. The molecule has 0 spiro atoms. The van der Waals surface area contributed by atoms with E-state index in [2.05, 4.69) is 91.0 Å². The van der Waals surface area contributed by atoms with Crippen LogP contribution in [0, 0.1) is 39.5 Å². The van der Waals surface area contributed by atoms with Crippen LogP contribution >= 0.6 is 0 Å². The van der Waals surface area contributed by atoms with E-state index < -0.39 is 0 Å². The van der Waals surface area contributed by atoms with Crippen molar-refractivity contribution in [1.29, 1.82) is 0 Å². The molecule has 0 radical (unpaired) electrons. The summed E-state index contributed by atoms with van der Waals surface area (Å²) in [6.07, 6.45) is 15.5. The maximum atomic E-state index is 2.42. The van der Waals surface area contributed by atoms with Gasteiger partial charge in [-0.3, -0.25) is 0 Å². The van der Waals surface area contributed by atoms with Crippen molar-refractivity contribution in [3.63, 3.8) is 0 Å². The second-order valence-corrected chi connectivity index (χ2v) is 11.3. The van der Waals surface area contributed by atoms with Crippen LogP contribution in [0.15, 0.2) is 36.4 Å². The average Bonchev–Trinajstić information content (AvgIpc) is 2.91. The topological polar surface area (TPSA) is 0 Å². The molecule has 4 rings (SSSR count). The predicted molar refractivity (Wildman–Crippen MR) is 170 cm³/mol. The van der Waals surface area contributed by atoms with Crippen LogP contribution < -0.4 is 0 Å². The van der Waals surface area contributed by atoms with E-state index in [1.165, 1.54) is 79.2 Å². The van der Waals surface area contributed by atoms with Gasteiger partial charge in [-0.1, -0.05) is 110 Å². The number of hydrogen-bond donors (Lipinski definition) is 0. The van der Waals surface area contributed by atoms with Crippen molar-refractivity contribution in [3.05, 3.63) is 75.4 Å². The van der Waals surface area contributed by atoms with E-state index in [1.54, 1.807) is 11.1 Å². The number of aryl methyl sites for hydroxylation is 4. The van der Waals surface area contributed by atoms with Gasteiger partial charge in [0.1, 0.15) is 0 Å². The lowest BCUT2D eigenvalue weighted by Gasteiger charge is -2.27. The number of allylic oxidation sites excluding steroid dienone is 1. The summed E-state index contributed by atoms with van der Waals surface area (Å²) in [5, 5.41) is 0. The standard InChI is InChI=1S/C18H26.C15H22.2C2H6/c1-5-6-18-14(3)11-17(12-15(18)4)16-9-7-13(2)8-10-16;1-11-4-7-14(8-5-11)15-9-6-12(2)13(3)10-15;2*1-2/h5-6,11-13,16H,7-10H2,1-4H3;6,9-11,14H,4-5,7-8H2,1-3H3;2*1-2H3/b6-5+;;;. The van der Waals surface area contributed by atoms with Crippen molar-refractivity contribution in [2.75, 3.05) is 0 Å². The number of rotatable bonds is 3. The molecule has 2 saturated carbocycles. The lowest BCUT2D eigenvalue weighted by atomic mass is 9.78. The summed E-state index contributed by atoms with van der Waals surface area (Å²) in [7, 11) is 0. The van der Waals surface area contributed by atoms with Crippen molar-refractivity contribution in [2.24, 2.45) is 11.8 Å². The second-order valence-electron chi connectivity index (χ2n) is 11.3. The van der Waals surface area contributed by atoms with Gasteiger partial charge >= 0.3 is 0 Å². The van der Waals surface area contributed by atoms with E-state index in [9.17, 15) is 0 Å². The van der Waals surface area contributed by atoms with Crippen LogP contribution in [0.4, 0.5) is 0 Å². The van der Waals surface area contributed by atoms with Gasteiger partial charge in [-0.05, 0) is 123 Å². The van der Waals surface area contributed by atoms with Gasteiger partial charge in [-0.15, -0.1) is 0 Å². The minimum absolute atomic E-state index is 0.804. The molecule has 0 atom stereocenters. The maximum Gasteiger partial charge on any atom is -0.0162 e. The van der Waals surface area contributed by atoms with E-state index >= 15 is 0 Å². The zero-order valence-electron chi connectivity index (χ0n) is 26.5. The van der Waals surface area contributed by atoms with Gasteiger partial charge in [0.15, 0.2) is 0 Å². The van der Waals surface area contributed by atoms with E-state index in [0.717, 1.165) is 23.7 Å². The van der Waals surface area contributed by atoms with Crippen LogP contribution in [-0.4, -0.2) is 0 Å². The molecular formula is C37H60. The van der Waals surface area contributed by atoms with Gasteiger partial charge in [-0.2, -0.15) is 0 Å². The number of benzene rings is 2. The van der Waals surface area contributed by atoms with E-state index in [4.69, 9.17) is 0 Å². The third-order valence-corrected chi connectivity index (χ3v) is 8.45. The van der Waals surface area contributed by atoms with Crippen molar-refractivity contribution >= 4 is 6.08 Å². The fourth-order valence-electron chi connectivity index (χ4n) is 5.88. The Bertz CT molecular complexity index is 892. The average molecular weight is 505 g/mol. The largest absolute Gasteiger partial charge is 0.0870 e. The van der Waals surface area contributed by atoms with Gasteiger partial charge in [-0.25, -0.2) is 0 Å². The van der Waals surface area contributed by atoms with E-state index in [0.29, 0.717) is 0 Å². The van der Waals surface area contributed by atoms with Crippen LogP contribution in [0.25, 0.3) is 6.08 Å². The van der Waals surface area contributed by atoms with Gasteiger partial charge in [0.2, 0.25) is 0 Å². The van der Waals surface area contributed by atoms with Crippen LogP contribution in [0.5, 0.6) is 0 Å². The minimum Gasteiger partial charge on any atom is -0.0870 e. The zero-order chi connectivity index (χ0) is 28.0. The second kappa shape index (κ2) is 17.6. The molecule has 2 aliphatic rings. The van der Waals surface area contributed by atoms with E-state index in [-0.39, 0.29) is 0 Å². The Morgan fingerprint density at radius 3 is 1.35 bits per heavy atom. The molecule has 0 nitrogen and oxygen atoms in total. The summed E-state index contributed by atoms with van der Waals surface area (Å²) in [4.78, 5) is 0. The Morgan fingerprint density at radius 2 is 0.946 bits per heavy atom. The highest BCUT2D eigenvalue weighted by molar-refractivity contribution is 5.58. The first-order valence-electron chi connectivity index (χ1n) is 15.6. The molecule has 0 amide bonds. The third-order valence-electron chi connectivity index (χ3n) is 8.45. The zero-order valence-corrected chi connectivity index (χ0v) is 26.5. The molecule has 0 saturated heterocycles. The molecule has 208 valence electrons. The Kier molecular flexibility index (Phi) is 15.8. The molecule has 2 aromatic carbocycles. The maximum absolute atomic E-state index is 2.42. The molecule has 0 aromatic heterocycles. The van der Waals surface area contributed by atoms with Crippen molar-refractivity contribution in [2.45, 2.75) is 139 Å². The summed E-state index contributed by atoms with van der Waals surface area (Å²) in [5.74, 6) is 3.53. The van der Waals surface area contributed by atoms with Crippen molar-refractivity contribution in [3.8, 4) is 0 Å². The predicted octanol–water partition coefficient (Wildman–Crippen LogP) is 12.3. The summed E-state index contributed by atoms with van der Waals surface area (Å²) in [6.45, 7) is 23.8. The van der Waals surface area contributed by atoms with Crippen molar-refractivity contribution < 1.29 is 0 Å². The normalized spacial score (nSPS) is 23.1. The van der Waals surface area contributed by atoms with Gasteiger partial charge in [0.25, 0.3) is 0 Å². The quantitative estimate of drug-likeness (QED) is 0.390. The van der Waals surface area contributed by atoms with Crippen LogP contribution in [0.2, 0.25) is 0 Å². The SMILES string of the molecule is C/C=C/c1c(C)cc(C2CCC(C)CC2)cc1C.CC.CC.Cc1ccc(C2CCC(C)CC2)cc1C. The molecule has 2 aromatic rings. The molecule has 0 unspecified atom stereocenters. The molecule has 0 heteroatoms. The molecular weight excluding hydrogens is 444 g/mol. The highest BCUT2D eigenvalue weighted by Gasteiger charge is 2.21. The monoisotopic (exact) mass is 504 g/mol. The first-order chi connectivity index (χ1) is 17.8. The lowest BCUT2D eigenvalue weighted by Crippen LogP contribution is -2.11. The first kappa shape index (κ1) is 33.2.